The molecule has 6 aromatic carbocycles. The number of hydrogen-bond acceptors (Lipinski definition) is 2. The van der Waals surface area contributed by atoms with Gasteiger partial charge in [-0.3, -0.25) is 0 Å². The van der Waals surface area contributed by atoms with Crippen LogP contribution in [0.3, 0.4) is 0 Å². The van der Waals surface area contributed by atoms with Crippen molar-refractivity contribution in [1.29, 1.82) is 0 Å². The predicted octanol–water partition coefficient (Wildman–Crippen LogP) is 9.85. The van der Waals surface area contributed by atoms with Crippen LogP contribution in [0.15, 0.2) is 125 Å². The van der Waals surface area contributed by atoms with Crippen molar-refractivity contribution in [3.8, 4) is 44.9 Å². The van der Waals surface area contributed by atoms with E-state index in [1.807, 2.05) is 18.2 Å². The van der Waals surface area contributed by atoms with Gasteiger partial charge < -0.3 is 9.15 Å². The Bertz CT molecular complexity index is 2680. The number of benzene rings is 6. The molecule has 1 aromatic heterocycles. The Labute approximate surface area is 226 Å². The van der Waals surface area contributed by atoms with Crippen LogP contribution in [0.1, 0.15) is 17.8 Å². The van der Waals surface area contributed by atoms with Crippen LogP contribution in [0.5, 0.6) is 11.5 Å². The summed E-state index contributed by atoms with van der Waals surface area (Å²) in [5.41, 5.74) is 0.320. The van der Waals surface area contributed by atoms with Crippen molar-refractivity contribution in [2.45, 2.75) is 0 Å². The maximum atomic E-state index is 9.55. The zero-order chi connectivity index (χ0) is 35.0. The molecule has 168 valence electrons. The molecule has 8 rings (SSSR count). The molecule has 0 saturated carbocycles. The van der Waals surface area contributed by atoms with Gasteiger partial charge in [0.1, 0.15) is 22.7 Å². The van der Waals surface area contributed by atoms with Crippen molar-refractivity contribution >= 4 is 32.7 Å². The van der Waals surface area contributed by atoms with Crippen molar-refractivity contribution in [3.63, 3.8) is 0 Å². The Kier molecular flexibility index (Phi) is 2.21. The zero-order valence-corrected chi connectivity index (χ0v) is 18.4. The molecule has 7 aromatic rings. The fourth-order valence-electron chi connectivity index (χ4n) is 4.71. The SMILES string of the molecule is [2H]c1c([2H])c([2H])c2c(c1[2H])Oc1c([2H])c([2H])c([2H])c3c([2H])c(-c4c([2H])c([2H])c([2H])c([2H])c4-c4ccc5oc6ccccc6c5c4)c([2H])c-2c13. The second kappa shape index (κ2) is 7.34. The molecule has 1 aliphatic rings. The Morgan fingerprint density at radius 2 is 1.31 bits per heavy atom. The molecule has 0 fully saturated rings. The molecule has 0 spiro atoms. The van der Waals surface area contributed by atoms with E-state index in [4.69, 9.17) is 24.2 Å². The van der Waals surface area contributed by atoms with Crippen LogP contribution in [-0.4, -0.2) is 0 Å². The lowest BCUT2D eigenvalue weighted by Crippen LogP contribution is -1.97. The van der Waals surface area contributed by atoms with Crippen LogP contribution in [0.25, 0.3) is 66.1 Å². The Morgan fingerprint density at radius 1 is 0.556 bits per heavy atom. The van der Waals surface area contributed by atoms with Crippen LogP contribution in [-0.2, 0) is 0 Å². The minimum Gasteiger partial charge on any atom is -0.456 e. The molecule has 2 heteroatoms. The van der Waals surface area contributed by atoms with E-state index in [9.17, 15) is 2.74 Å². The quantitative estimate of drug-likeness (QED) is 0.249. The molecule has 2 nitrogen and oxygen atoms in total. The summed E-state index contributed by atoms with van der Waals surface area (Å²) in [6.07, 6.45) is 0. The normalized spacial score (nSPS) is 17.2. The minimum absolute atomic E-state index is 0.0519. The Morgan fingerprint density at radius 3 is 2.22 bits per heavy atom. The number of fused-ring (bicyclic) bond motifs is 5. The Hall–Kier alpha value is -4.82. The zero-order valence-electron chi connectivity index (χ0n) is 31.4. The molecule has 0 N–H and O–H groups in total. The van der Waals surface area contributed by atoms with Gasteiger partial charge in [0, 0.05) is 21.7 Å². The average molecular weight is 474 g/mol. The van der Waals surface area contributed by atoms with E-state index in [1.54, 1.807) is 24.3 Å². The van der Waals surface area contributed by atoms with Gasteiger partial charge in [0.25, 0.3) is 0 Å². The van der Waals surface area contributed by atoms with Crippen molar-refractivity contribution in [2.75, 3.05) is 0 Å². The summed E-state index contributed by atoms with van der Waals surface area (Å²) in [6, 6.07) is 4.63. The molecule has 0 radical (unpaired) electrons. The molecule has 2 heterocycles. The van der Waals surface area contributed by atoms with Crippen LogP contribution in [0.4, 0.5) is 0 Å². The minimum atomic E-state index is -0.647. The lowest BCUT2D eigenvalue weighted by Gasteiger charge is -2.22. The van der Waals surface area contributed by atoms with Gasteiger partial charge in [-0.1, -0.05) is 78.6 Å². The number of rotatable bonds is 2. The maximum absolute atomic E-state index is 9.55. The number of hydrogen-bond donors (Lipinski definition) is 0. The first-order valence-corrected chi connectivity index (χ1v) is 11.1. The van der Waals surface area contributed by atoms with Gasteiger partial charge in [0.2, 0.25) is 0 Å². The molecule has 0 amide bonds. The van der Waals surface area contributed by atoms with Crippen LogP contribution < -0.4 is 4.74 Å². The largest absolute Gasteiger partial charge is 0.456 e. The number of ether oxygens (including phenoxy) is 1. The summed E-state index contributed by atoms with van der Waals surface area (Å²) >= 11 is 0. The smallest absolute Gasteiger partial charge is 0.135 e. The second-order valence-electron chi connectivity index (χ2n) is 8.32. The van der Waals surface area contributed by atoms with Crippen molar-refractivity contribution < 1.29 is 27.0 Å². The standard InChI is InChI=1S/C34H20O2/c1-2-10-25(24(9-1)21-16-17-32-28(19-21)26-11-3-5-13-30(26)35-32)23-18-22-8-7-15-33-34(22)29(20-23)27-12-4-6-14-31(27)36-33/h1-20H/i1D,2D,4D,6D,7D,8D,9D,10D,12D,14D,15D,18D,20D. The maximum Gasteiger partial charge on any atom is 0.135 e. The predicted molar refractivity (Wildman–Crippen MR) is 148 cm³/mol. The summed E-state index contributed by atoms with van der Waals surface area (Å²) in [5.74, 6) is -0.764. The highest BCUT2D eigenvalue weighted by Gasteiger charge is 2.21. The molecule has 1 aliphatic heterocycles. The van der Waals surface area contributed by atoms with E-state index < -0.39 is 84.3 Å². The fourth-order valence-corrected chi connectivity index (χ4v) is 4.71. The number of para-hydroxylation sites is 2. The molecule has 0 atom stereocenters. The first-order chi connectivity index (χ1) is 23.3. The lowest BCUT2D eigenvalue weighted by atomic mass is 9.88. The van der Waals surface area contributed by atoms with Gasteiger partial charge >= 0.3 is 0 Å². The average Bonchev–Trinajstić information content (AvgIpc) is 3.47. The van der Waals surface area contributed by atoms with Gasteiger partial charge in [-0.15, -0.1) is 0 Å². The van der Waals surface area contributed by atoms with E-state index in [1.165, 1.54) is 0 Å². The van der Waals surface area contributed by atoms with E-state index in [-0.39, 0.29) is 44.3 Å². The fraction of sp³-hybridized carbons (Fsp3) is 0. The van der Waals surface area contributed by atoms with E-state index in [0.29, 0.717) is 22.1 Å². The molecule has 0 aliphatic carbocycles. The third-order valence-electron chi connectivity index (χ3n) is 6.30. The van der Waals surface area contributed by atoms with Crippen molar-refractivity contribution in [2.24, 2.45) is 0 Å². The third kappa shape index (κ3) is 2.79. The van der Waals surface area contributed by atoms with Crippen molar-refractivity contribution in [1.82, 2.24) is 0 Å². The van der Waals surface area contributed by atoms with Crippen LogP contribution >= 0.6 is 0 Å². The molecular weight excluding hydrogens is 440 g/mol. The van der Waals surface area contributed by atoms with Crippen LogP contribution in [0, 0.1) is 0 Å². The summed E-state index contributed by atoms with van der Waals surface area (Å²) in [6.45, 7) is 0. The highest BCUT2D eigenvalue weighted by atomic mass is 16.5. The highest BCUT2D eigenvalue weighted by Crippen LogP contribution is 2.48. The molecule has 0 unspecified atom stereocenters. The molecular formula is C34H20O2. The van der Waals surface area contributed by atoms with Gasteiger partial charge in [-0.25, -0.2) is 0 Å². The third-order valence-corrected chi connectivity index (χ3v) is 6.30. The summed E-state index contributed by atoms with van der Waals surface area (Å²) in [7, 11) is 0. The van der Waals surface area contributed by atoms with E-state index >= 15 is 0 Å². The summed E-state index contributed by atoms with van der Waals surface area (Å²) in [4.78, 5) is 0. The highest BCUT2D eigenvalue weighted by molar-refractivity contribution is 6.08. The van der Waals surface area contributed by atoms with Crippen molar-refractivity contribution in [3.05, 3.63) is 121 Å². The monoisotopic (exact) mass is 473 g/mol. The lowest BCUT2D eigenvalue weighted by molar-refractivity contribution is 0.487. The summed E-state index contributed by atoms with van der Waals surface area (Å²) in [5, 5.41) is 0.991. The van der Waals surface area contributed by atoms with Gasteiger partial charge in [0.15, 0.2) is 0 Å². The summed E-state index contributed by atoms with van der Waals surface area (Å²) < 4.78 is 126. The first-order valence-electron chi connectivity index (χ1n) is 17.6. The van der Waals surface area contributed by atoms with E-state index in [0.717, 1.165) is 5.39 Å². The van der Waals surface area contributed by atoms with Gasteiger partial charge in [0.05, 0.1) is 17.8 Å². The molecule has 0 bridgehead atoms. The second-order valence-corrected chi connectivity index (χ2v) is 8.32. The van der Waals surface area contributed by atoms with E-state index in [2.05, 4.69) is 0 Å². The van der Waals surface area contributed by atoms with Gasteiger partial charge in [-0.05, 0) is 75.6 Å². The Balaban J connectivity index is 1.58. The molecule has 36 heavy (non-hydrogen) atoms. The van der Waals surface area contributed by atoms with Gasteiger partial charge in [-0.2, -0.15) is 0 Å². The first kappa shape index (κ1) is 10.8. The topological polar surface area (TPSA) is 22.4 Å². The molecule has 0 saturated heterocycles. The number of furan rings is 1. The van der Waals surface area contributed by atoms with Crippen LogP contribution in [0.2, 0.25) is 0 Å².